The monoisotopic (exact) mass is 296 g/mol. The number of hydrogen-bond donors (Lipinski definition) is 0. The van der Waals surface area contributed by atoms with E-state index in [1.807, 2.05) is 32.6 Å². The van der Waals surface area contributed by atoms with Crippen LogP contribution in [0, 0.1) is 5.92 Å². The van der Waals surface area contributed by atoms with Crippen molar-refractivity contribution in [3.8, 4) is 0 Å². The Morgan fingerprint density at radius 3 is 2.29 bits per heavy atom. The summed E-state index contributed by atoms with van der Waals surface area (Å²) in [4.78, 5) is 28.5. The van der Waals surface area contributed by atoms with Crippen molar-refractivity contribution in [2.24, 2.45) is 5.92 Å². The highest BCUT2D eigenvalue weighted by Gasteiger charge is 2.36. The van der Waals surface area contributed by atoms with Crippen molar-refractivity contribution in [2.75, 3.05) is 19.6 Å². The maximum atomic E-state index is 12.5. The molecular formula is C16H28N2O3. The Kier molecular flexibility index (Phi) is 4.79. The molecule has 0 aromatic rings. The zero-order valence-electron chi connectivity index (χ0n) is 13.7. The van der Waals surface area contributed by atoms with E-state index in [1.54, 1.807) is 4.90 Å². The van der Waals surface area contributed by atoms with Crippen LogP contribution in [0.15, 0.2) is 0 Å². The molecule has 2 fully saturated rings. The fourth-order valence-corrected chi connectivity index (χ4v) is 3.08. The molecule has 0 radical (unpaired) electrons. The summed E-state index contributed by atoms with van der Waals surface area (Å²) in [6.45, 7) is 9.87. The van der Waals surface area contributed by atoms with Crippen molar-refractivity contribution in [3.05, 3.63) is 0 Å². The zero-order valence-corrected chi connectivity index (χ0v) is 13.7. The molecule has 120 valence electrons. The summed E-state index contributed by atoms with van der Waals surface area (Å²) in [7, 11) is 0. The van der Waals surface area contributed by atoms with E-state index in [-0.39, 0.29) is 24.0 Å². The Hall–Kier alpha value is -1.26. The van der Waals surface area contributed by atoms with Crippen LogP contribution in [-0.4, -0.2) is 53.1 Å². The normalized spacial score (nSPS) is 26.9. The minimum atomic E-state index is -0.497. The number of rotatable bonds is 1. The van der Waals surface area contributed by atoms with Gasteiger partial charge in [-0.15, -0.1) is 0 Å². The van der Waals surface area contributed by atoms with Gasteiger partial charge in [0.05, 0.1) is 5.92 Å². The lowest BCUT2D eigenvalue weighted by atomic mass is 9.92. The Balaban J connectivity index is 1.98. The van der Waals surface area contributed by atoms with E-state index >= 15 is 0 Å². The van der Waals surface area contributed by atoms with Crippen LogP contribution in [-0.2, 0) is 9.53 Å². The van der Waals surface area contributed by atoms with Crippen LogP contribution in [0.25, 0.3) is 0 Å². The van der Waals surface area contributed by atoms with E-state index in [9.17, 15) is 9.59 Å². The van der Waals surface area contributed by atoms with Gasteiger partial charge in [-0.25, -0.2) is 4.79 Å². The lowest BCUT2D eigenvalue weighted by Crippen LogP contribution is -2.51. The molecule has 0 aromatic carbocycles. The fourth-order valence-electron chi connectivity index (χ4n) is 3.08. The largest absolute Gasteiger partial charge is 0.444 e. The Labute approximate surface area is 127 Å². The van der Waals surface area contributed by atoms with Gasteiger partial charge in [0.15, 0.2) is 0 Å². The highest BCUT2D eigenvalue weighted by atomic mass is 16.6. The summed E-state index contributed by atoms with van der Waals surface area (Å²) in [5, 5.41) is 0. The molecule has 0 N–H and O–H groups in total. The lowest BCUT2D eigenvalue weighted by molar-refractivity contribution is -0.136. The van der Waals surface area contributed by atoms with E-state index in [0.717, 1.165) is 38.8 Å². The minimum absolute atomic E-state index is 0.0631. The first kappa shape index (κ1) is 16.1. The van der Waals surface area contributed by atoms with Gasteiger partial charge in [0.2, 0.25) is 5.91 Å². The van der Waals surface area contributed by atoms with E-state index in [2.05, 4.69) is 0 Å². The van der Waals surface area contributed by atoms with E-state index < -0.39 is 5.60 Å². The summed E-state index contributed by atoms with van der Waals surface area (Å²) in [6.07, 6.45) is 3.64. The molecule has 2 saturated heterocycles. The van der Waals surface area contributed by atoms with Gasteiger partial charge in [-0.05, 0) is 53.4 Å². The van der Waals surface area contributed by atoms with Gasteiger partial charge in [-0.1, -0.05) is 0 Å². The van der Waals surface area contributed by atoms with Crippen LogP contribution in [0.4, 0.5) is 4.79 Å². The molecule has 2 unspecified atom stereocenters. The maximum Gasteiger partial charge on any atom is 0.410 e. The van der Waals surface area contributed by atoms with E-state index in [4.69, 9.17) is 4.74 Å². The first-order chi connectivity index (χ1) is 9.78. The van der Waals surface area contributed by atoms with Crippen molar-refractivity contribution < 1.29 is 14.3 Å². The number of amides is 2. The topological polar surface area (TPSA) is 49.9 Å². The highest BCUT2D eigenvalue weighted by Crippen LogP contribution is 2.26. The molecule has 0 saturated carbocycles. The smallest absolute Gasteiger partial charge is 0.410 e. The third-order valence-corrected chi connectivity index (χ3v) is 4.28. The average Bonchev–Trinajstić information content (AvgIpc) is 2.90. The third kappa shape index (κ3) is 4.11. The number of piperidine rings is 1. The molecule has 0 aliphatic carbocycles. The number of hydrogen-bond acceptors (Lipinski definition) is 3. The Bertz CT molecular complexity index is 397. The number of carbonyl (C=O) groups is 2. The van der Waals surface area contributed by atoms with Crippen LogP contribution in [0.1, 0.15) is 53.4 Å². The first-order valence-electron chi connectivity index (χ1n) is 8.06. The second-order valence-corrected chi connectivity index (χ2v) is 7.29. The van der Waals surface area contributed by atoms with E-state index in [0.29, 0.717) is 6.54 Å². The summed E-state index contributed by atoms with van der Waals surface area (Å²) in [6, 6.07) is 0.141. The van der Waals surface area contributed by atoms with Crippen molar-refractivity contribution in [1.29, 1.82) is 0 Å². The number of likely N-dealkylation sites (tertiary alicyclic amines) is 2. The lowest BCUT2D eigenvalue weighted by Gasteiger charge is -2.39. The zero-order chi connectivity index (χ0) is 15.6. The highest BCUT2D eigenvalue weighted by molar-refractivity contribution is 5.80. The van der Waals surface area contributed by atoms with Gasteiger partial charge >= 0.3 is 6.09 Å². The van der Waals surface area contributed by atoms with Crippen LogP contribution >= 0.6 is 0 Å². The predicted molar refractivity (Wildman–Crippen MR) is 80.9 cm³/mol. The van der Waals surface area contributed by atoms with Crippen LogP contribution in [0.2, 0.25) is 0 Å². The molecule has 0 spiro atoms. The molecule has 2 aliphatic heterocycles. The van der Waals surface area contributed by atoms with Crippen LogP contribution in [0.5, 0.6) is 0 Å². The Morgan fingerprint density at radius 1 is 1.10 bits per heavy atom. The molecule has 21 heavy (non-hydrogen) atoms. The van der Waals surface area contributed by atoms with Gasteiger partial charge in [0.1, 0.15) is 5.60 Å². The van der Waals surface area contributed by atoms with Crippen molar-refractivity contribution >= 4 is 12.0 Å². The number of carbonyl (C=O) groups excluding carboxylic acids is 2. The van der Waals surface area contributed by atoms with Gasteiger partial charge in [-0.2, -0.15) is 0 Å². The molecule has 0 aromatic heterocycles. The average molecular weight is 296 g/mol. The molecule has 2 rings (SSSR count). The number of nitrogens with zero attached hydrogens (tertiary/aromatic N) is 2. The second-order valence-electron chi connectivity index (χ2n) is 7.29. The summed E-state index contributed by atoms with van der Waals surface area (Å²) < 4.78 is 5.46. The summed E-state index contributed by atoms with van der Waals surface area (Å²) in [5.41, 5.74) is -0.497. The third-order valence-electron chi connectivity index (χ3n) is 4.28. The summed E-state index contributed by atoms with van der Waals surface area (Å²) in [5.74, 6) is 0.153. The second kappa shape index (κ2) is 6.24. The van der Waals surface area contributed by atoms with E-state index in [1.165, 1.54) is 0 Å². The molecule has 2 amide bonds. The van der Waals surface area contributed by atoms with Gasteiger partial charge in [0, 0.05) is 25.7 Å². The van der Waals surface area contributed by atoms with Crippen molar-refractivity contribution in [3.63, 3.8) is 0 Å². The van der Waals surface area contributed by atoms with Crippen LogP contribution in [0.3, 0.4) is 0 Å². The molecule has 2 aliphatic rings. The van der Waals surface area contributed by atoms with Gasteiger partial charge in [0.25, 0.3) is 0 Å². The van der Waals surface area contributed by atoms with Gasteiger partial charge < -0.3 is 14.5 Å². The quantitative estimate of drug-likeness (QED) is 0.747. The van der Waals surface area contributed by atoms with Gasteiger partial charge in [-0.3, -0.25) is 4.79 Å². The standard InChI is InChI=1S/C16H28N2O3/c1-12-7-8-13(14(19)17-9-5-6-10-17)11-18(12)15(20)21-16(2,3)4/h12-13H,5-11H2,1-4H3. The molecule has 2 atom stereocenters. The van der Waals surface area contributed by atoms with Crippen LogP contribution < -0.4 is 0 Å². The molecule has 0 bridgehead atoms. The number of ether oxygens (including phenoxy) is 1. The first-order valence-corrected chi connectivity index (χ1v) is 8.06. The SMILES string of the molecule is CC1CCC(C(=O)N2CCCC2)CN1C(=O)OC(C)(C)C. The fraction of sp³-hybridized carbons (Fsp3) is 0.875. The minimum Gasteiger partial charge on any atom is -0.444 e. The maximum absolute atomic E-state index is 12.5. The molecule has 5 heteroatoms. The molecule has 2 heterocycles. The van der Waals surface area contributed by atoms with Crippen molar-refractivity contribution in [1.82, 2.24) is 9.80 Å². The molecule has 5 nitrogen and oxygen atoms in total. The predicted octanol–water partition coefficient (Wildman–Crippen LogP) is 2.64. The summed E-state index contributed by atoms with van der Waals surface area (Å²) >= 11 is 0. The Morgan fingerprint density at radius 2 is 1.71 bits per heavy atom. The van der Waals surface area contributed by atoms with Crippen molar-refractivity contribution in [2.45, 2.75) is 65.0 Å². The molecular weight excluding hydrogens is 268 g/mol.